The smallest absolute Gasteiger partial charge is 0.0688 e. The van der Waals surface area contributed by atoms with Crippen LogP contribution < -0.4 is 0 Å². The van der Waals surface area contributed by atoms with E-state index in [9.17, 15) is 5.11 Å². The van der Waals surface area contributed by atoms with Crippen molar-refractivity contribution in [1.29, 1.82) is 0 Å². The molecule has 0 atom stereocenters. The van der Waals surface area contributed by atoms with Crippen LogP contribution in [-0.2, 0) is 6.42 Å². The van der Waals surface area contributed by atoms with E-state index in [1.807, 2.05) is 18.2 Å². The van der Waals surface area contributed by atoms with Crippen molar-refractivity contribution in [3.63, 3.8) is 0 Å². The van der Waals surface area contributed by atoms with E-state index in [4.69, 9.17) is 11.6 Å². The minimum atomic E-state index is -0.586. The highest BCUT2D eigenvalue weighted by Crippen LogP contribution is 2.44. The van der Waals surface area contributed by atoms with Crippen LogP contribution in [0.25, 0.3) is 0 Å². The number of hydrogen-bond acceptors (Lipinski definition) is 1. The molecule has 1 saturated carbocycles. The van der Waals surface area contributed by atoms with E-state index < -0.39 is 5.60 Å². The van der Waals surface area contributed by atoms with Crippen LogP contribution in [0.5, 0.6) is 0 Å². The van der Waals surface area contributed by atoms with Crippen molar-refractivity contribution in [3.8, 4) is 0 Å². The first-order valence-electron chi connectivity index (χ1n) is 7.92. The number of halogens is 2. The van der Waals surface area contributed by atoms with Gasteiger partial charge in [-0.05, 0) is 54.7 Å². The molecular formula is C18H26BrClO. The number of rotatable bonds is 4. The first-order valence-corrected chi connectivity index (χ1v) is 9.09. The normalized spacial score (nSPS) is 26.9. The van der Waals surface area contributed by atoms with Crippen LogP contribution in [0.15, 0.2) is 22.7 Å². The molecule has 1 aromatic carbocycles. The van der Waals surface area contributed by atoms with Crippen molar-refractivity contribution in [3.05, 3.63) is 33.3 Å². The van der Waals surface area contributed by atoms with Crippen LogP contribution in [-0.4, -0.2) is 10.7 Å². The zero-order valence-electron chi connectivity index (χ0n) is 13.3. The monoisotopic (exact) mass is 372 g/mol. The van der Waals surface area contributed by atoms with E-state index in [0.717, 1.165) is 46.7 Å². The van der Waals surface area contributed by atoms with Gasteiger partial charge in [0.05, 0.1) is 5.60 Å². The first kappa shape index (κ1) is 17.3. The van der Waals surface area contributed by atoms with Crippen LogP contribution in [0, 0.1) is 11.3 Å². The van der Waals surface area contributed by atoms with Gasteiger partial charge in [0.15, 0.2) is 0 Å². The molecule has 1 aromatic rings. The maximum absolute atomic E-state index is 10.9. The summed E-state index contributed by atoms with van der Waals surface area (Å²) >= 11 is 9.72. The molecule has 0 aliphatic heterocycles. The van der Waals surface area contributed by atoms with Crippen molar-refractivity contribution < 1.29 is 5.11 Å². The third-order valence-corrected chi connectivity index (χ3v) is 6.31. The molecule has 0 saturated heterocycles. The molecule has 0 aromatic heterocycles. The van der Waals surface area contributed by atoms with Crippen LogP contribution in [0.2, 0.25) is 5.02 Å². The van der Waals surface area contributed by atoms with Crippen LogP contribution >= 0.6 is 27.5 Å². The van der Waals surface area contributed by atoms with Gasteiger partial charge in [-0.3, -0.25) is 0 Å². The lowest BCUT2D eigenvalue weighted by molar-refractivity contribution is -0.0276. The van der Waals surface area contributed by atoms with E-state index in [-0.39, 0.29) is 0 Å². The van der Waals surface area contributed by atoms with Crippen LogP contribution in [0.4, 0.5) is 0 Å². The quantitative estimate of drug-likeness (QED) is 0.686. The van der Waals surface area contributed by atoms with Gasteiger partial charge in [-0.15, -0.1) is 0 Å². The van der Waals surface area contributed by atoms with Gasteiger partial charge in [0.2, 0.25) is 0 Å². The van der Waals surface area contributed by atoms with Crippen LogP contribution in [0.1, 0.15) is 58.4 Å². The third kappa shape index (κ3) is 4.24. The molecule has 1 aliphatic carbocycles. The van der Waals surface area contributed by atoms with Gasteiger partial charge in [-0.25, -0.2) is 0 Å². The Morgan fingerprint density at radius 1 is 1.33 bits per heavy atom. The average Bonchev–Trinajstić information content (AvgIpc) is 2.42. The summed E-state index contributed by atoms with van der Waals surface area (Å²) in [4.78, 5) is 0. The lowest BCUT2D eigenvalue weighted by Crippen LogP contribution is -2.39. The molecular weight excluding hydrogens is 348 g/mol. The SMILES string of the molecule is CCC(C)(C)C1CCC(O)(Cc2ccc(Br)cc2Cl)CC1. The topological polar surface area (TPSA) is 20.2 Å². The summed E-state index contributed by atoms with van der Waals surface area (Å²) < 4.78 is 0.983. The highest BCUT2D eigenvalue weighted by molar-refractivity contribution is 9.10. The zero-order valence-corrected chi connectivity index (χ0v) is 15.6. The summed E-state index contributed by atoms with van der Waals surface area (Å²) in [6, 6.07) is 5.93. The summed E-state index contributed by atoms with van der Waals surface area (Å²) in [7, 11) is 0. The predicted octanol–water partition coefficient (Wildman–Crippen LogP) is 6.00. The fourth-order valence-electron chi connectivity index (χ4n) is 3.42. The fourth-order valence-corrected chi connectivity index (χ4v) is 4.16. The maximum atomic E-state index is 10.9. The molecule has 118 valence electrons. The second-order valence-corrected chi connectivity index (χ2v) is 8.58. The van der Waals surface area contributed by atoms with Crippen molar-refractivity contribution in [2.45, 2.75) is 64.9 Å². The number of aliphatic hydroxyl groups is 1. The molecule has 2 rings (SSSR count). The Hall–Kier alpha value is -0.0500. The Balaban J connectivity index is 2.02. The van der Waals surface area contributed by atoms with Crippen LogP contribution in [0.3, 0.4) is 0 Å². The van der Waals surface area contributed by atoms with Gasteiger partial charge < -0.3 is 5.11 Å². The van der Waals surface area contributed by atoms with Crippen molar-refractivity contribution in [1.82, 2.24) is 0 Å². The minimum absolute atomic E-state index is 0.386. The van der Waals surface area contributed by atoms with E-state index in [0.29, 0.717) is 11.8 Å². The molecule has 0 radical (unpaired) electrons. The average molecular weight is 374 g/mol. The molecule has 3 heteroatoms. The summed E-state index contributed by atoms with van der Waals surface area (Å²) in [6.45, 7) is 6.98. The number of benzene rings is 1. The Bertz CT molecular complexity index is 490. The summed E-state index contributed by atoms with van der Waals surface area (Å²) in [5.74, 6) is 0.725. The van der Waals surface area contributed by atoms with Gasteiger partial charge in [0.25, 0.3) is 0 Å². The Kier molecular flexibility index (Phi) is 5.44. The highest BCUT2D eigenvalue weighted by Gasteiger charge is 2.38. The molecule has 0 bridgehead atoms. The Morgan fingerprint density at radius 3 is 2.48 bits per heavy atom. The lowest BCUT2D eigenvalue weighted by atomic mass is 9.65. The third-order valence-electron chi connectivity index (χ3n) is 5.47. The second kappa shape index (κ2) is 6.60. The van der Waals surface area contributed by atoms with Gasteiger partial charge >= 0.3 is 0 Å². The molecule has 1 N–H and O–H groups in total. The van der Waals surface area contributed by atoms with E-state index in [1.54, 1.807) is 0 Å². The van der Waals surface area contributed by atoms with E-state index in [2.05, 4.69) is 36.7 Å². The predicted molar refractivity (Wildman–Crippen MR) is 93.8 cm³/mol. The molecule has 1 aliphatic rings. The van der Waals surface area contributed by atoms with Gasteiger partial charge in [0.1, 0.15) is 0 Å². The van der Waals surface area contributed by atoms with Gasteiger partial charge in [-0.1, -0.05) is 60.8 Å². The molecule has 1 nitrogen and oxygen atoms in total. The maximum Gasteiger partial charge on any atom is 0.0688 e. The van der Waals surface area contributed by atoms with Crippen molar-refractivity contribution in [2.24, 2.45) is 11.3 Å². The molecule has 0 amide bonds. The second-order valence-electron chi connectivity index (χ2n) is 7.25. The Labute approximate surface area is 142 Å². The lowest BCUT2D eigenvalue weighted by Gasteiger charge is -2.42. The molecule has 0 heterocycles. The van der Waals surface area contributed by atoms with Crippen molar-refractivity contribution in [2.75, 3.05) is 0 Å². The first-order chi connectivity index (χ1) is 9.76. The highest BCUT2D eigenvalue weighted by atomic mass is 79.9. The molecule has 21 heavy (non-hydrogen) atoms. The fraction of sp³-hybridized carbons (Fsp3) is 0.667. The summed E-state index contributed by atoms with van der Waals surface area (Å²) in [6.07, 6.45) is 5.87. The largest absolute Gasteiger partial charge is 0.390 e. The standard InChI is InChI=1S/C18H26BrClO/c1-4-17(2,3)14-7-9-18(21,10-8-14)12-13-5-6-15(19)11-16(13)20/h5-6,11,14,21H,4,7-10,12H2,1-3H3. The van der Waals surface area contributed by atoms with E-state index in [1.165, 1.54) is 6.42 Å². The zero-order chi connectivity index (χ0) is 15.7. The molecule has 0 unspecified atom stereocenters. The molecule has 1 fully saturated rings. The summed E-state index contributed by atoms with van der Waals surface area (Å²) in [5.41, 5.74) is 0.851. The Morgan fingerprint density at radius 2 is 1.95 bits per heavy atom. The molecule has 0 spiro atoms. The van der Waals surface area contributed by atoms with Gasteiger partial charge in [0, 0.05) is 15.9 Å². The van der Waals surface area contributed by atoms with Crippen molar-refractivity contribution >= 4 is 27.5 Å². The van der Waals surface area contributed by atoms with E-state index >= 15 is 0 Å². The number of hydrogen-bond donors (Lipinski definition) is 1. The van der Waals surface area contributed by atoms with Gasteiger partial charge in [-0.2, -0.15) is 0 Å². The minimum Gasteiger partial charge on any atom is -0.390 e. The summed E-state index contributed by atoms with van der Waals surface area (Å²) in [5, 5.41) is 11.6.